The van der Waals surface area contributed by atoms with E-state index in [9.17, 15) is 9.59 Å². The lowest BCUT2D eigenvalue weighted by Crippen LogP contribution is -2.42. The lowest BCUT2D eigenvalue weighted by molar-refractivity contribution is -0.119. The summed E-state index contributed by atoms with van der Waals surface area (Å²) in [7, 11) is 0. The van der Waals surface area contributed by atoms with Crippen molar-refractivity contribution in [2.75, 3.05) is 6.54 Å². The van der Waals surface area contributed by atoms with Gasteiger partial charge < -0.3 is 5.32 Å². The molecule has 0 saturated heterocycles. The second-order valence-electron chi connectivity index (χ2n) is 3.28. The van der Waals surface area contributed by atoms with E-state index in [0.717, 1.165) is 5.03 Å². The standard InChI is InChI=1S/C11H15N3O2S/c1-3-12-11(16)14-10(15)8(2)17-9-6-4-5-7-13-9/h4-8H,3H2,1-2H3,(H2,12,14,15,16)/t8-/m1/s1. The lowest BCUT2D eigenvalue weighted by Gasteiger charge is -2.10. The monoisotopic (exact) mass is 253 g/mol. The minimum absolute atomic E-state index is 0.327. The molecule has 0 aliphatic rings. The Kier molecular flexibility index (Phi) is 5.48. The average Bonchev–Trinajstić information content (AvgIpc) is 2.30. The Morgan fingerprint density at radius 3 is 2.82 bits per heavy atom. The second-order valence-corrected chi connectivity index (χ2v) is 4.64. The highest BCUT2D eigenvalue weighted by atomic mass is 32.2. The van der Waals surface area contributed by atoms with E-state index in [2.05, 4.69) is 15.6 Å². The van der Waals surface area contributed by atoms with E-state index < -0.39 is 6.03 Å². The number of nitrogens with zero attached hydrogens (tertiary/aromatic N) is 1. The van der Waals surface area contributed by atoms with Crippen molar-refractivity contribution >= 4 is 23.7 Å². The zero-order valence-electron chi connectivity index (χ0n) is 9.77. The van der Waals surface area contributed by atoms with Crippen LogP contribution in [0.2, 0.25) is 0 Å². The number of hydrogen-bond acceptors (Lipinski definition) is 4. The highest BCUT2D eigenvalue weighted by Gasteiger charge is 2.16. The van der Waals surface area contributed by atoms with Crippen LogP contribution in [0.5, 0.6) is 0 Å². The van der Waals surface area contributed by atoms with Gasteiger partial charge in [0.2, 0.25) is 5.91 Å². The smallest absolute Gasteiger partial charge is 0.321 e. The van der Waals surface area contributed by atoms with Crippen LogP contribution in [0.4, 0.5) is 4.79 Å². The van der Waals surface area contributed by atoms with Crippen molar-refractivity contribution < 1.29 is 9.59 Å². The fourth-order valence-electron chi connectivity index (χ4n) is 1.07. The SMILES string of the molecule is CCNC(=O)NC(=O)[C@@H](C)Sc1ccccn1. The molecular formula is C11H15N3O2S. The molecule has 2 N–H and O–H groups in total. The normalized spacial score (nSPS) is 11.6. The molecule has 0 fully saturated rings. The quantitative estimate of drug-likeness (QED) is 0.796. The first kappa shape index (κ1) is 13.5. The zero-order chi connectivity index (χ0) is 12.7. The summed E-state index contributed by atoms with van der Waals surface area (Å²) in [5.74, 6) is -0.327. The number of pyridine rings is 1. The number of imide groups is 1. The predicted molar refractivity (Wildman–Crippen MR) is 66.8 cm³/mol. The van der Waals surface area contributed by atoms with E-state index >= 15 is 0 Å². The van der Waals surface area contributed by atoms with Gasteiger partial charge in [0, 0.05) is 12.7 Å². The summed E-state index contributed by atoms with van der Waals surface area (Å²) < 4.78 is 0. The van der Waals surface area contributed by atoms with Crippen molar-refractivity contribution in [1.29, 1.82) is 0 Å². The topological polar surface area (TPSA) is 71.1 Å². The third-order valence-corrected chi connectivity index (χ3v) is 2.93. The maximum atomic E-state index is 11.6. The number of urea groups is 1. The first-order valence-corrected chi connectivity index (χ1v) is 6.17. The second kappa shape index (κ2) is 6.90. The van der Waals surface area contributed by atoms with Gasteiger partial charge in [0.1, 0.15) is 0 Å². The van der Waals surface area contributed by atoms with E-state index in [1.54, 1.807) is 20.0 Å². The first-order chi connectivity index (χ1) is 8.13. The Bertz CT molecular complexity index is 384. The maximum Gasteiger partial charge on any atom is 0.321 e. The van der Waals surface area contributed by atoms with Crippen LogP contribution in [0.3, 0.4) is 0 Å². The Hall–Kier alpha value is -1.56. The first-order valence-electron chi connectivity index (χ1n) is 5.30. The molecule has 5 nitrogen and oxygen atoms in total. The molecule has 1 aromatic rings. The van der Waals surface area contributed by atoms with Crippen molar-refractivity contribution in [1.82, 2.24) is 15.6 Å². The van der Waals surface area contributed by atoms with E-state index in [1.165, 1.54) is 11.8 Å². The molecule has 3 amide bonds. The molecular weight excluding hydrogens is 238 g/mol. The maximum absolute atomic E-state index is 11.6. The fraction of sp³-hybridized carbons (Fsp3) is 0.364. The summed E-state index contributed by atoms with van der Waals surface area (Å²) in [5, 5.41) is 5.15. The van der Waals surface area contributed by atoms with Crippen LogP contribution < -0.4 is 10.6 Å². The molecule has 0 radical (unpaired) electrons. The zero-order valence-corrected chi connectivity index (χ0v) is 10.6. The molecule has 92 valence electrons. The minimum atomic E-state index is -0.467. The van der Waals surface area contributed by atoms with Crippen molar-refractivity contribution in [3.05, 3.63) is 24.4 Å². The highest BCUT2D eigenvalue weighted by molar-refractivity contribution is 8.00. The summed E-state index contributed by atoms with van der Waals surface area (Å²) >= 11 is 1.31. The molecule has 0 aliphatic heterocycles. The third kappa shape index (κ3) is 4.86. The van der Waals surface area contributed by atoms with Crippen molar-refractivity contribution in [2.45, 2.75) is 24.1 Å². The summed E-state index contributed by atoms with van der Waals surface area (Å²) in [6.45, 7) is 4.00. The van der Waals surface area contributed by atoms with E-state index in [0.29, 0.717) is 6.54 Å². The Labute approximate surface area is 104 Å². The Morgan fingerprint density at radius 2 is 2.24 bits per heavy atom. The molecule has 0 spiro atoms. The van der Waals surface area contributed by atoms with E-state index in [1.807, 2.05) is 18.2 Å². The van der Waals surface area contributed by atoms with Crippen LogP contribution >= 0.6 is 11.8 Å². The van der Waals surface area contributed by atoms with Crippen LogP contribution in [-0.4, -0.2) is 28.7 Å². The molecule has 1 aromatic heterocycles. The van der Waals surface area contributed by atoms with Gasteiger partial charge in [-0.15, -0.1) is 0 Å². The van der Waals surface area contributed by atoms with Crippen molar-refractivity contribution in [2.24, 2.45) is 0 Å². The van der Waals surface area contributed by atoms with Gasteiger partial charge in [-0.25, -0.2) is 9.78 Å². The summed E-state index contributed by atoms with van der Waals surface area (Å²) in [4.78, 5) is 26.9. The molecule has 0 aliphatic carbocycles. The van der Waals surface area contributed by atoms with Gasteiger partial charge in [-0.3, -0.25) is 10.1 Å². The molecule has 1 heterocycles. The van der Waals surface area contributed by atoms with Crippen LogP contribution in [0.25, 0.3) is 0 Å². The number of carbonyl (C=O) groups is 2. The van der Waals surface area contributed by atoms with Gasteiger partial charge in [-0.05, 0) is 26.0 Å². The number of amides is 3. The van der Waals surface area contributed by atoms with E-state index in [4.69, 9.17) is 0 Å². The number of hydrogen-bond donors (Lipinski definition) is 2. The van der Waals surface area contributed by atoms with Crippen molar-refractivity contribution in [3.8, 4) is 0 Å². The number of thioether (sulfide) groups is 1. The molecule has 0 unspecified atom stereocenters. The molecule has 0 aromatic carbocycles. The molecule has 1 atom stereocenters. The average molecular weight is 253 g/mol. The van der Waals surface area contributed by atoms with Gasteiger partial charge >= 0.3 is 6.03 Å². The van der Waals surface area contributed by atoms with Crippen LogP contribution in [0.1, 0.15) is 13.8 Å². The fourth-order valence-corrected chi connectivity index (χ4v) is 1.88. The van der Waals surface area contributed by atoms with Gasteiger partial charge in [0.15, 0.2) is 0 Å². The predicted octanol–water partition coefficient (Wildman–Crippen LogP) is 1.41. The largest absolute Gasteiger partial charge is 0.338 e. The molecule has 0 saturated carbocycles. The van der Waals surface area contributed by atoms with Crippen LogP contribution in [0, 0.1) is 0 Å². The molecule has 6 heteroatoms. The Balaban J connectivity index is 2.45. The summed E-state index contributed by atoms with van der Waals surface area (Å²) in [5.41, 5.74) is 0. The van der Waals surface area contributed by atoms with Crippen LogP contribution in [0.15, 0.2) is 29.4 Å². The number of rotatable bonds is 4. The number of carbonyl (C=O) groups excluding carboxylic acids is 2. The van der Waals surface area contributed by atoms with Gasteiger partial charge in [-0.2, -0.15) is 0 Å². The van der Waals surface area contributed by atoms with Gasteiger partial charge in [0.05, 0.1) is 10.3 Å². The third-order valence-electron chi connectivity index (χ3n) is 1.88. The minimum Gasteiger partial charge on any atom is -0.338 e. The number of aromatic nitrogens is 1. The highest BCUT2D eigenvalue weighted by Crippen LogP contribution is 2.20. The Morgan fingerprint density at radius 1 is 1.47 bits per heavy atom. The summed E-state index contributed by atoms with van der Waals surface area (Å²) in [6, 6.07) is 5.01. The lowest BCUT2D eigenvalue weighted by atomic mass is 10.4. The molecule has 1 rings (SSSR count). The van der Waals surface area contributed by atoms with Gasteiger partial charge in [0.25, 0.3) is 0 Å². The van der Waals surface area contributed by atoms with Crippen LogP contribution in [-0.2, 0) is 4.79 Å². The van der Waals surface area contributed by atoms with Gasteiger partial charge in [-0.1, -0.05) is 17.8 Å². The number of nitrogens with one attached hydrogen (secondary N) is 2. The molecule has 0 bridgehead atoms. The van der Waals surface area contributed by atoms with Crippen molar-refractivity contribution in [3.63, 3.8) is 0 Å². The van der Waals surface area contributed by atoms with E-state index in [-0.39, 0.29) is 11.2 Å². The molecule has 17 heavy (non-hydrogen) atoms. The summed E-state index contributed by atoms with van der Waals surface area (Å²) in [6.07, 6.45) is 1.66.